The van der Waals surface area contributed by atoms with Gasteiger partial charge < -0.3 is 20.1 Å². The number of nitrogens with one attached hydrogen (secondary N) is 2. The molecule has 2 amide bonds. The summed E-state index contributed by atoms with van der Waals surface area (Å²) in [7, 11) is -3.35. The molecular formula is C17H35N2O5PS. The van der Waals surface area contributed by atoms with Crippen LogP contribution in [0, 0.1) is 0 Å². The predicted octanol–water partition coefficient (Wildman–Crippen LogP) is 2.92. The average Bonchev–Trinajstić information content (AvgIpc) is 2.57. The minimum atomic E-state index is -3.35. The zero-order valence-corrected chi connectivity index (χ0v) is 17.8. The Bertz CT molecular complexity index is 431. The summed E-state index contributed by atoms with van der Waals surface area (Å²) in [6.45, 7) is 2.83. The van der Waals surface area contributed by atoms with Gasteiger partial charge in [0, 0.05) is 38.3 Å². The Morgan fingerprint density at radius 3 is 2.04 bits per heavy atom. The molecule has 1 unspecified atom stereocenters. The number of amides is 2. The van der Waals surface area contributed by atoms with Gasteiger partial charge in [-0.15, -0.1) is 0 Å². The van der Waals surface area contributed by atoms with Crippen molar-refractivity contribution in [3.05, 3.63) is 0 Å². The SMILES string of the molecule is CSCCC(=O)NCCCCCC(=O)NCCCCCCOP(C)(=O)O. The van der Waals surface area contributed by atoms with Gasteiger partial charge in [-0.1, -0.05) is 19.3 Å². The quantitative estimate of drug-likeness (QED) is 0.252. The van der Waals surface area contributed by atoms with E-state index in [0.29, 0.717) is 32.5 Å². The molecule has 0 saturated heterocycles. The molecule has 0 aromatic heterocycles. The fraction of sp³-hybridized carbons (Fsp3) is 0.882. The summed E-state index contributed by atoms with van der Waals surface area (Å²) in [6.07, 6.45) is 9.27. The number of hydrogen-bond donors (Lipinski definition) is 3. The van der Waals surface area contributed by atoms with Crippen molar-refractivity contribution in [2.45, 2.75) is 57.8 Å². The van der Waals surface area contributed by atoms with Crippen LogP contribution in [0.25, 0.3) is 0 Å². The summed E-state index contributed by atoms with van der Waals surface area (Å²) in [5, 5.41) is 5.79. The molecule has 154 valence electrons. The standard InChI is InChI=1S/C17H35N2O5PS/c1-25(22,23)24-14-9-4-3-7-12-18-16(20)10-6-5-8-13-19-17(21)11-15-26-2/h3-15H2,1-2H3,(H,18,20)(H,19,21)(H,22,23). The summed E-state index contributed by atoms with van der Waals surface area (Å²) < 4.78 is 15.7. The molecular weight excluding hydrogens is 375 g/mol. The van der Waals surface area contributed by atoms with Gasteiger partial charge in [0.25, 0.3) is 0 Å². The van der Waals surface area contributed by atoms with E-state index in [4.69, 9.17) is 9.42 Å². The molecule has 0 heterocycles. The van der Waals surface area contributed by atoms with Gasteiger partial charge in [-0.25, -0.2) is 0 Å². The second kappa shape index (κ2) is 16.6. The first-order valence-corrected chi connectivity index (χ1v) is 12.7. The summed E-state index contributed by atoms with van der Waals surface area (Å²) in [5.74, 6) is 1.02. The van der Waals surface area contributed by atoms with Crippen LogP contribution in [0.2, 0.25) is 0 Å². The van der Waals surface area contributed by atoms with Crippen LogP contribution in [0.15, 0.2) is 0 Å². The molecule has 0 bridgehead atoms. The number of unbranched alkanes of at least 4 members (excludes halogenated alkanes) is 5. The molecule has 0 rings (SSSR count). The van der Waals surface area contributed by atoms with Gasteiger partial charge in [-0.05, 0) is 31.9 Å². The highest BCUT2D eigenvalue weighted by Gasteiger charge is 2.08. The van der Waals surface area contributed by atoms with Crippen molar-refractivity contribution >= 4 is 31.2 Å². The van der Waals surface area contributed by atoms with E-state index < -0.39 is 7.60 Å². The Hall–Kier alpha value is -0.560. The van der Waals surface area contributed by atoms with Crippen LogP contribution >= 0.6 is 19.4 Å². The van der Waals surface area contributed by atoms with Crippen molar-refractivity contribution in [3.63, 3.8) is 0 Å². The Labute approximate surface area is 161 Å². The summed E-state index contributed by atoms with van der Waals surface area (Å²) >= 11 is 1.66. The molecule has 0 aliphatic carbocycles. The van der Waals surface area contributed by atoms with Gasteiger partial charge >= 0.3 is 7.60 Å². The number of carbonyl (C=O) groups is 2. The Kier molecular flexibility index (Phi) is 16.2. The van der Waals surface area contributed by atoms with E-state index in [2.05, 4.69) is 10.6 Å². The molecule has 3 N–H and O–H groups in total. The lowest BCUT2D eigenvalue weighted by Gasteiger charge is -2.07. The molecule has 7 nitrogen and oxygen atoms in total. The van der Waals surface area contributed by atoms with Gasteiger partial charge in [-0.3, -0.25) is 14.2 Å². The van der Waals surface area contributed by atoms with Crippen LogP contribution in [0.5, 0.6) is 0 Å². The van der Waals surface area contributed by atoms with E-state index in [1.165, 1.54) is 6.66 Å². The van der Waals surface area contributed by atoms with Gasteiger partial charge in [-0.2, -0.15) is 11.8 Å². The van der Waals surface area contributed by atoms with Gasteiger partial charge in [0.1, 0.15) is 0 Å². The topological polar surface area (TPSA) is 105 Å². The number of hydrogen-bond acceptors (Lipinski definition) is 5. The van der Waals surface area contributed by atoms with Gasteiger partial charge in [0.05, 0.1) is 6.61 Å². The Morgan fingerprint density at radius 1 is 0.923 bits per heavy atom. The highest BCUT2D eigenvalue weighted by atomic mass is 32.2. The number of rotatable bonds is 17. The first-order chi connectivity index (χ1) is 12.3. The number of thioether (sulfide) groups is 1. The van der Waals surface area contributed by atoms with E-state index >= 15 is 0 Å². The zero-order chi connectivity index (χ0) is 19.7. The molecule has 0 spiro atoms. The number of carbonyl (C=O) groups excluding carboxylic acids is 2. The minimum Gasteiger partial charge on any atom is -0.356 e. The van der Waals surface area contributed by atoms with E-state index in [9.17, 15) is 14.2 Å². The van der Waals surface area contributed by atoms with Crippen molar-refractivity contribution in [2.75, 3.05) is 38.4 Å². The highest BCUT2D eigenvalue weighted by Crippen LogP contribution is 2.36. The third-order valence-electron chi connectivity index (χ3n) is 3.66. The van der Waals surface area contributed by atoms with Crippen LogP contribution in [0.3, 0.4) is 0 Å². The fourth-order valence-electron chi connectivity index (χ4n) is 2.23. The maximum atomic E-state index is 11.7. The second-order valence-electron chi connectivity index (χ2n) is 6.30. The van der Waals surface area contributed by atoms with Crippen LogP contribution in [0.4, 0.5) is 0 Å². The molecule has 0 fully saturated rings. The van der Waals surface area contributed by atoms with Crippen LogP contribution in [0.1, 0.15) is 57.8 Å². The largest absolute Gasteiger partial charge is 0.356 e. The lowest BCUT2D eigenvalue weighted by Crippen LogP contribution is -2.25. The van der Waals surface area contributed by atoms with Crippen molar-refractivity contribution in [2.24, 2.45) is 0 Å². The molecule has 0 saturated carbocycles. The molecule has 1 atom stereocenters. The third-order valence-corrected chi connectivity index (χ3v) is 4.93. The van der Waals surface area contributed by atoms with Gasteiger partial charge in [0.15, 0.2) is 0 Å². The van der Waals surface area contributed by atoms with Crippen molar-refractivity contribution in [3.8, 4) is 0 Å². The molecule has 0 aliphatic rings. The first kappa shape index (κ1) is 25.4. The fourth-order valence-corrected chi connectivity index (χ4v) is 3.09. The highest BCUT2D eigenvalue weighted by molar-refractivity contribution is 7.98. The predicted molar refractivity (Wildman–Crippen MR) is 108 cm³/mol. The third kappa shape index (κ3) is 19.8. The monoisotopic (exact) mass is 410 g/mol. The molecule has 0 aromatic carbocycles. The van der Waals surface area contributed by atoms with Crippen LogP contribution in [-0.4, -0.2) is 55.1 Å². The molecule has 0 aromatic rings. The molecule has 9 heteroatoms. The van der Waals surface area contributed by atoms with Crippen molar-refractivity contribution in [1.82, 2.24) is 10.6 Å². The minimum absolute atomic E-state index is 0.0736. The average molecular weight is 411 g/mol. The summed E-state index contributed by atoms with van der Waals surface area (Å²) in [5.41, 5.74) is 0. The maximum absolute atomic E-state index is 11.7. The zero-order valence-electron chi connectivity index (χ0n) is 16.1. The van der Waals surface area contributed by atoms with E-state index in [1.54, 1.807) is 11.8 Å². The maximum Gasteiger partial charge on any atom is 0.325 e. The smallest absolute Gasteiger partial charge is 0.325 e. The van der Waals surface area contributed by atoms with Crippen molar-refractivity contribution in [1.29, 1.82) is 0 Å². The first-order valence-electron chi connectivity index (χ1n) is 9.32. The van der Waals surface area contributed by atoms with Crippen LogP contribution < -0.4 is 10.6 Å². The lowest BCUT2D eigenvalue weighted by atomic mass is 10.1. The molecule has 0 aliphatic heterocycles. The molecule has 0 radical (unpaired) electrons. The summed E-state index contributed by atoms with van der Waals surface area (Å²) in [6, 6.07) is 0. The van der Waals surface area contributed by atoms with E-state index in [1.807, 2.05) is 6.26 Å². The second-order valence-corrected chi connectivity index (χ2v) is 9.15. The van der Waals surface area contributed by atoms with Gasteiger partial charge in [0.2, 0.25) is 11.8 Å². The Balaban J connectivity index is 3.32. The molecule has 26 heavy (non-hydrogen) atoms. The van der Waals surface area contributed by atoms with Crippen molar-refractivity contribution < 1.29 is 23.6 Å². The Morgan fingerprint density at radius 2 is 1.46 bits per heavy atom. The normalized spacial score (nSPS) is 13.2. The van der Waals surface area contributed by atoms with E-state index in [0.717, 1.165) is 50.7 Å². The van der Waals surface area contributed by atoms with E-state index in [-0.39, 0.29) is 11.8 Å². The van der Waals surface area contributed by atoms with Crippen LogP contribution in [-0.2, 0) is 18.7 Å². The lowest BCUT2D eigenvalue weighted by molar-refractivity contribution is -0.122. The summed E-state index contributed by atoms with van der Waals surface area (Å²) in [4.78, 5) is 32.0.